The number of carboxylic acid groups (broad SMARTS) is 2. The lowest BCUT2D eigenvalue weighted by Crippen LogP contribution is -2.40. The molecule has 1 aliphatic carbocycles. The quantitative estimate of drug-likeness (QED) is 0.349. The van der Waals surface area contributed by atoms with E-state index in [0.717, 1.165) is 67.5 Å². The number of aliphatic carboxylic acids is 2. The Balaban J connectivity index is 0.000000557. The van der Waals surface area contributed by atoms with Crippen molar-refractivity contribution in [1.82, 2.24) is 9.88 Å². The van der Waals surface area contributed by atoms with Gasteiger partial charge in [-0.05, 0) is 80.9 Å². The Morgan fingerprint density at radius 1 is 1.07 bits per heavy atom. The zero-order chi connectivity index (χ0) is 28.6. The Bertz CT molecular complexity index is 1290. The summed E-state index contributed by atoms with van der Waals surface area (Å²) < 4.78 is 20.0. The van der Waals surface area contributed by atoms with Crippen molar-refractivity contribution in [3.05, 3.63) is 65.9 Å². The van der Waals surface area contributed by atoms with Crippen LogP contribution < -0.4 is 0 Å². The first kappa shape index (κ1) is 29.4. The van der Waals surface area contributed by atoms with Crippen LogP contribution in [0.25, 0.3) is 11.0 Å². The maximum Gasteiger partial charge on any atom is 0.414 e. The number of aromatic nitrogens is 1. The molecule has 2 aliphatic rings. The number of likely N-dealkylation sites (tertiary alicyclic amines) is 1. The van der Waals surface area contributed by atoms with Gasteiger partial charge in [0.05, 0.1) is 17.9 Å². The molecule has 1 saturated carbocycles. The van der Waals surface area contributed by atoms with Crippen LogP contribution in [0.15, 0.2) is 53.3 Å². The monoisotopic (exact) mass is 552 g/mol. The van der Waals surface area contributed by atoms with Gasteiger partial charge in [-0.3, -0.25) is 9.78 Å². The summed E-state index contributed by atoms with van der Waals surface area (Å²) >= 11 is 0. The number of carbonyl (C=O) groups is 3. The van der Waals surface area contributed by atoms with Crippen molar-refractivity contribution in [1.29, 1.82) is 0 Å². The molecule has 5 rings (SSSR count). The second-order valence-electron chi connectivity index (χ2n) is 11.0. The Morgan fingerprint density at radius 2 is 1.82 bits per heavy atom. The first-order chi connectivity index (χ1) is 19.2. The van der Waals surface area contributed by atoms with Crippen molar-refractivity contribution in [3.8, 4) is 0 Å². The highest BCUT2D eigenvalue weighted by molar-refractivity contribution is 6.27. The van der Waals surface area contributed by atoms with Crippen molar-refractivity contribution in [3.63, 3.8) is 0 Å². The number of piperidine rings is 1. The van der Waals surface area contributed by atoms with E-state index in [2.05, 4.69) is 16.8 Å². The highest BCUT2D eigenvalue weighted by atomic mass is 19.1. The molecule has 1 aromatic carbocycles. The van der Waals surface area contributed by atoms with Crippen LogP contribution >= 0.6 is 0 Å². The number of pyridine rings is 1. The third-order valence-electron chi connectivity index (χ3n) is 8.25. The number of furan rings is 1. The van der Waals surface area contributed by atoms with Crippen LogP contribution in [0.5, 0.6) is 0 Å². The maximum atomic E-state index is 14.2. The van der Waals surface area contributed by atoms with Crippen LogP contribution in [0, 0.1) is 17.7 Å². The van der Waals surface area contributed by atoms with Gasteiger partial charge in [-0.2, -0.15) is 0 Å². The average Bonchev–Trinajstić information content (AvgIpc) is 3.43. The van der Waals surface area contributed by atoms with Crippen LogP contribution in [0.1, 0.15) is 75.0 Å². The first-order valence-electron chi connectivity index (χ1n) is 14.0. The van der Waals surface area contributed by atoms with Gasteiger partial charge in [0.1, 0.15) is 17.2 Å². The molecule has 3 atom stereocenters. The highest BCUT2D eigenvalue weighted by Crippen LogP contribution is 2.38. The van der Waals surface area contributed by atoms with E-state index in [1.165, 1.54) is 19.3 Å². The Kier molecular flexibility index (Phi) is 10.0. The molecule has 8 nitrogen and oxygen atoms in total. The Hall–Kier alpha value is -3.59. The van der Waals surface area contributed by atoms with Gasteiger partial charge < -0.3 is 19.5 Å². The topological polar surface area (TPSA) is 121 Å². The van der Waals surface area contributed by atoms with Gasteiger partial charge in [-0.15, -0.1) is 0 Å². The van der Waals surface area contributed by atoms with Crippen molar-refractivity contribution >= 4 is 28.7 Å². The van der Waals surface area contributed by atoms with Crippen LogP contribution in [0.3, 0.4) is 0 Å². The summed E-state index contributed by atoms with van der Waals surface area (Å²) in [5, 5.41) is 15.6. The molecule has 0 spiro atoms. The second-order valence-corrected chi connectivity index (χ2v) is 11.0. The normalized spacial score (nSPS) is 20.9. The smallest absolute Gasteiger partial charge is 0.414 e. The van der Waals surface area contributed by atoms with E-state index in [0.29, 0.717) is 11.7 Å². The molecule has 0 amide bonds. The summed E-state index contributed by atoms with van der Waals surface area (Å²) in [5.74, 6) is -2.73. The molecule has 0 bridgehead atoms. The van der Waals surface area contributed by atoms with Crippen LogP contribution in [0.4, 0.5) is 4.39 Å². The van der Waals surface area contributed by atoms with Crippen molar-refractivity contribution in [2.24, 2.45) is 11.8 Å². The number of fused-ring (bicyclic) bond motifs is 1. The van der Waals surface area contributed by atoms with E-state index >= 15 is 0 Å². The summed E-state index contributed by atoms with van der Waals surface area (Å²) in [6, 6.07) is 11.0. The van der Waals surface area contributed by atoms with Gasteiger partial charge in [0.25, 0.3) is 0 Å². The predicted molar refractivity (Wildman–Crippen MR) is 148 cm³/mol. The molecule has 3 aromatic rings. The Morgan fingerprint density at radius 3 is 2.48 bits per heavy atom. The van der Waals surface area contributed by atoms with Crippen LogP contribution in [-0.2, 0) is 14.4 Å². The summed E-state index contributed by atoms with van der Waals surface area (Å²) in [6.45, 7) is 5.02. The predicted octanol–water partition coefficient (Wildman–Crippen LogP) is 5.87. The summed E-state index contributed by atoms with van der Waals surface area (Å²) in [4.78, 5) is 38.7. The minimum absolute atomic E-state index is 0.122. The first-order valence-corrected chi connectivity index (χ1v) is 14.0. The standard InChI is InChI=1S/C29H35FN2O2.C2H2O4/c1-20-19-32(14-10-24(20)26-18-23(30)17-22-12-16-34-29(22)26)15-11-25(27-9-5-6-13-31-27)28(33)21-7-3-2-4-8-21;3-1(4)2(5)6/h5-6,9,12-13,16-18,20-21,24-25H,2-4,7-8,10-11,14-15,19H2,1H3;(H,3,4)(H,5,6)/t20-,24-,25?;/m0./s1. The van der Waals surface area contributed by atoms with Gasteiger partial charge in [0, 0.05) is 29.6 Å². The molecule has 3 heterocycles. The number of benzene rings is 1. The van der Waals surface area contributed by atoms with Gasteiger partial charge in [-0.1, -0.05) is 32.3 Å². The fraction of sp³-hybridized carbons (Fsp3) is 0.484. The van der Waals surface area contributed by atoms with Crippen molar-refractivity contribution in [2.75, 3.05) is 19.6 Å². The zero-order valence-corrected chi connectivity index (χ0v) is 22.8. The molecule has 2 N–H and O–H groups in total. The maximum absolute atomic E-state index is 14.2. The minimum Gasteiger partial charge on any atom is -0.473 e. The van der Waals surface area contributed by atoms with Gasteiger partial charge in [0.2, 0.25) is 0 Å². The molecule has 1 aliphatic heterocycles. The molecule has 2 fully saturated rings. The van der Waals surface area contributed by atoms with Crippen molar-refractivity contribution < 1.29 is 33.4 Å². The summed E-state index contributed by atoms with van der Waals surface area (Å²) in [6.07, 6.45) is 10.9. The van der Waals surface area contributed by atoms with Crippen LogP contribution in [-0.4, -0.2) is 57.5 Å². The number of hydrogen-bond donors (Lipinski definition) is 2. The molecule has 40 heavy (non-hydrogen) atoms. The van der Waals surface area contributed by atoms with E-state index in [1.807, 2.05) is 24.3 Å². The molecular formula is C31H37FN2O6. The molecule has 0 radical (unpaired) electrons. The molecular weight excluding hydrogens is 515 g/mol. The largest absolute Gasteiger partial charge is 0.473 e. The summed E-state index contributed by atoms with van der Waals surface area (Å²) in [5.41, 5.74) is 2.73. The Labute approximate surface area is 233 Å². The van der Waals surface area contributed by atoms with Gasteiger partial charge in [0.15, 0.2) is 0 Å². The lowest BCUT2D eigenvalue weighted by Gasteiger charge is -2.38. The van der Waals surface area contributed by atoms with Crippen molar-refractivity contribution in [2.45, 2.75) is 63.7 Å². The highest BCUT2D eigenvalue weighted by Gasteiger charge is 2.33. The average molecular weight is 553 g/mol. The van der Waals surface area contributed by atoms with Gasteiger partial charge in [-0.25, -0.2) is 14.0 Å². The fourth-order valence-electron chi connectivity index (χ4n) is 6.25. The third-order valence-corrected chi connectivity index (χ3v) is 8.25. The van der Waals surface area contributed by atoms with E-state index in [4.69, 9.17) is 24.2 Å². The van der Waals surface area contributed by atoms with E-state index in [9.17, 15) is 9.18 Å². The van der Waals surface area contributed by atoms with E-state index in [1.54, 1.807) is 24.6 Å². The number of carbonyl (C=O) groups excluding carboxylic acids is 1. The number of nitrogens with zero attached hydrogens (tertiary/aromatic N) is 2. The molecule has 9 heteroatoms. The number of hydrogen-bond acceptors (Lipinski definition) is 6. The number of Topliss-reactive ketones (excluding diaryl/α,β-unsaturated/α-hetero) is 1. The minimum atomic E-state index is -1.82. The fourth-order valence-corrected chi connectivity index (χ4v) is 6.25. The zero-order valence-electron chi connectivity index (χ0n) is 22.8. The van der Waals surface area contributed by atoms with E-state index < -0.39 is 11.9 Å². The number of ketones is 1. The van der Waals surface area contributed by atoms with Gasteiger partial charge >= 0.3 is 11.9 Å². The lowest BCUT2D eigenvalue weighted by atomic mass is 9.79. The third kappa shape index (κ3) is 7.33. The SMILES string of the molecule is C[C@H]1CN(CCC(C(=O)C2CCCCC2)c2ccccn2)CC[C@@H]1c1cc(F)cc2ccoc12.O=C(O)C(=O)O. The summed E-state index contributed by atoms with van der Waals surface area (Å²) in [7, 11) is 0. The molecule has 214 valence electrons. The number of carboxylic acids is 2. The number of halogens is 1. The second kappa shape index (κ2) is 13.7. The molecule has 1 saturated heterocycles. The lowest BCUT2D eigenvalue weighted by molar-refractivity contribution is -0.159. The van der Waals surface area contributed by atoms with Crippen LogP contribution in [0.2, 0.25) is 0 Å². The van der Waals surface area contributed by atoms with E-state index in [-0.39, 0.29) is 23.6 Å². The molecule has 1 unspecified atom stereocenters. The molecule has 2 aromatic heterocycles. The number of rotatable bonds is 7.